The number of hydrogen-bond donors (Lipinski definition) is 1. The summed E-state index contributed by atoms with van der Waals surface area (Å²) in [6, 6.07) is 4.43. The van der Waals surface area contributed by atoms with Crippen LogP contribution < -0.4 is 5.73 Å². The minimum atomic E-state index is 0.279. The van der Waals surface area contributed by atoms with Gasteiger partial charge < -0.3 is 5.73 Å². The largest absolute Gasteiger partial charge is 0.327 e. The van der Waals surface area contributed by atoms with Crippen molar-refractivity contribution < 1.29 is 0 Å². The van der Waals surface area contributed by atoms with Crippen molar-refractivity contribution in [1.82, 2.24) is 4.98 Å². The van der Waals surface area contributed by atoms with Gasteiger partial charge in [-0.1, -0.05) is 13.8 Å². The molecule has 1 aromatic rings. The number of nitrogens with zero attached hydrogens (tertiary/aromatic N) is 1. The molecule has 0 saturated heterocycles. The van der Waals surface area contributed by atoms with Gasteiger partial charge in [-0.2, -0.15) is 0 Å². The van der Waals surface area contributed by atoms with Crippen molar-refractivity contribution in [3.63, 3.8) is 0 Å². The molecule has 0 radical (unpaired) electrons. The summed E-state index contributed by atoms with van der Waals surface area (Å²) in [6.45, 7) is 4.42. The summed E-state index contributed by atoms with van der Waals surface area (Å²) < 4.78 is 0. The van der Waals surface area contributed by atoms with Crippen LogP contribution in [0.15, 0.2) is 24.5 Å². The predicted octanol–water partition coefficient (Wildman–Crippen LogP) is 1.53. The summed E-state index contributed by atoms with van der Waals surface area (Å²) in [4.78, 5) is 3.99. The third-order valence-corrected chi connectivity index (χ3v) is 2.98. The van der Waals surface area contributed by atoms with Gasteiger partial charge in [-0.25, -0.2) is 0 Å². The Morgan fingerprint density at radius 3 is 2.25 bits per heavy atom. The highest BCUT2D eigenvalue weighted by molar-refractivity contribution is 5.32. The van der Waals surface area contributed by atoms with Crippen molar-refractivity contribution in [3.05, 3.63) is 30.1 Å². The number of nitrogens with two attached hydrogens (primary N) is 1. The first-order valence-corrected chi connectivity index (χ1v) is 4.29. The molecule has 64 valence electrons. The lowest BCUT2D eigenvalue weighted by molar-refractivity contribution is 0.599. The van der Waals surface area contributed by atoms with Crippen molar-refractivity contribution >= 4 is 0 Å². The molecule has 1 fully saturated rings. The van der Waals surface area contributed by atoms with Gasteiger partial charge in [0.05, 0.1) is 0 Å². The smallest absolute Gasteiger partial charge is 0.0270 e. The Morgan fingerprint density at radius 1 is 1.33 bits per heavy atom. The van der Waals surface area contributed by atoms with E-state index in [1.807, 2.05) is 12.4 Å². The molecular formula is C10H14N2. The van der Waals surface area contributed by atoms with Gasteiger partial charge >= 0.3 is 0 Å². The van der Waals surface area contributed by atoms with E-state index < -0.39 is 0 Å². The van der Waals surface area contributed by atoms with Crippen molar-refractivity contribution in [2.75, 3.05) is 0 Å². The summed E-state index contributed by atoms with van der Waals surface area (Å²) in [6.07, 6.45) is 3.66. The Hall–Kier alpha value is -0.890. The van der Waals surface area contributed by atoms with E-state index in [4.69, 9.17) is 5.73 Å². The molecule has 1 heterocycles. The van der Waals surface area contributed by atoms with E-state index in [1.54, 1.807) is 0 Å². The molecule has 1 aliphatic carbocycles. The van der Waals surface area contributed by atoms with Gasteiger partial charge in [-0.3, -0.25) is 4.98 Å². The highest BCUT2D eigenvalue weighted by Crippen LogP contribution is 2.56. The van der Waals surface area contributed by atoms with Crippen LogP contribution in [0.3, 0.4) is 0 Å². The third kappa shape index (κ3) is 0.950. The van der Waals surface area contributed by atoms with E-state index in [0.29, 0.717) is 12.0 Å². The van der Waals surface area contributed by atoms with Crippen LogP contribution in [-0.2, 0) is 0 Å². The maximum atomic E-state index is 5.96. The summed E-state index contributed by atoms with van der Waals surface area (Å²) in [5, 5.41) is 0. The normalized spacial score (nSPS) is 31.6. The highest BCUT2D eigenvalue weighted by atomic mass is 14.8. The molecular weight excluding hydrogens is 148 g/mol. The molecule has 2 atom stereocenters. The van der Waals surface area contributed by atoms with Gasteiger partial charge in [-0.15, -0.1) is 0 Å². The van der Waals surface area contributed by atoms with Crippen LogP contribution in [0.2, 0.25) is 0 Å². The molecule has 1 aromatic heterocycles. The fourth-order valence-electron chi connectivity index (χ4n) is 1.89. The molecule has 0 aromatic carbocycles. The first kappa shape index (κ1) is 7.74. The standard InChI is InChI=1S/C10H14N2/c1-10(2)8(9(10)11)7-3-5-12-6-4-7/h3-6,8-9H,11H2,1-2H3/t8-,9-/m0/s1. The lowest BCUT2D eigenvalue weighted by Gasteiger charge is -2.00. The van der Waals surface area contributed by atoms with E-state index in [0.717, 1.165) is 0 Å². The first-order valence-electron chi connectivity index (χ1n) is 4.29. The van der Waals surface area contributed by atoms with E-state index in [-0.39, 0.29) is 5.41 Å². The monoisotopic (exact) mass is 162 g/mol. The zero-order chi connectivity index (χ0) is 8.77. The zero-order valence-corrected chi connectivity index (χ0v) is 7.49. The van der Waals surface area contributed by atoms with E-state index in [9.17, 15) is 0 Å². The van der Waals surface area contributed by atoms with Gasteiger partial charge in [0, 0.05) is 24.4 Å². The Kier molecular flexibility index (Phi) is 1.48. The fraction of sp³-hybridized carbons (Fsp3) is 0.500. The number of pyridine rings is 1. The molecule has 0 bridgehead atoms. The highest BCUT2D eigenvalue weighted by Gasteiger charge is 2.55. The predicted molar refractivity (Wildman–Crippen MR) is 48.7 cm³/mol. The average Bonchev–Trinajstić information content (AvgIpc) is 2.53. The molecule has 0 aliphatic heterocycles. The second-order valence-corrected chi connectivity index (χ2v) is 4.11. The summed E-state index contributed by atoms with van der Waals surface area (Å²) in [7, 11) is 0. The van der Waals surface area contributed by atoms with Gasteiger partial charge in [-0.05, 0) is 23.1 Å². The van der Waals surface area contributed by atoms with Crippen LogP contribution >= 0.6 is 0 Å². The van der Waals surface area contributed by atoms with Gasteiger partial charge in [0.15, 0.2) is 0 Å². The molecule has 1 saturated carbocycles. The lowest BCUT2D eigenvalue weighted by Crippen LogP contribution is -2.06. The Morgan fingerprint density at radius 2 is 1.83 bits per heavy atom. The molecule has 0 spiro atoms. The SMILES string of the molecule is CC1(C)[C@@H](N)[C@@H]1c1ccncc1. The minimum Gasteiger partial charge on any atom is -0.327 e. The van der Waals surface area contributed by atoms with Crippen LogP contribution in [0, 0.1) is 5.41 Å². The maximum Gasteiger partial charge on any atom is 0.0270 e. The Bertz CT molecular complexity index is 279. The van der Waals surface area contributed by atoms with Crippen LogP contribution in [0.4, 0.5) is 0 Å². The van der Waals surface area contributed by atoms with Crippen LogP contribution in [-0.4, -0.2) is 11.0 Å². The summed E-state index contributed by atoms with van der Waals surface area (Å²) >= 11 is 0. The van der Waals surface area contributed by atoms with Gasteiger partial charge in [0.25, 0.3) is 0 Å². The molecule has 2 N–H and O–H groups in total. The van der Waals surface area contributed by atoms with E-state index in [1.165, 1.54) is 5.56 Å². The second kappa shape index (κ2) is 2.30. The summed E-state index contributed by atoms with van der Waals surface area (Å²) in [5.74, 6) is 0.528. The Labute approximate surface area is 72.8 Å². The third-order valence-electron chi connectivity index (χ3n) is 2.98. The molecule has 1 aliphatic rings. The quantitative estimate of drug-likeness (QED) is 0.680. The van der Waals surface area contributed by atoms with Crippen LogP contribution in [0.25, 0.3) is 0 Å². The first-order chi connectivity index (χ1) is 5.64. The van der Waals surface area contributed by atoms with Crippen LogP contribution in [0.1, 0.15) is 25.3 Å². The number of aromatic nitrogens is 1. The lowest BCUT2D eigenvalue weighted by atomic mass is 10.0. The van der Waals surface area contributed by atoms with Crippen molar-refractivity contribution in [1.29, 1.82) is 0 Å². The molecule has 2 nitrogen and oxygen atoms in total. The van der Waals surface area contributed by atoms with Crippen molar-refractivity contribution in [3.8, 4) is 0 Å². The van der Waals surface area contributed by atoms with Crippen molar-refractivity contribution in [2.45, 2.75) is 25.8 Å². The minimum absolute atomic E-state index is 0.279. The second-order valence-electron chi connectivity index (χ2n) is 4.11. The Balaban J connectivity index is 2.25. The summed E-state index contributed by atoms with van der Waals surface area (Å²) in [5.41, 5.74) is 7.56. The zero-order valence-electron chi connectivity index (χ0n) is 7.49. The number of hydrogen-bond acceptors (Lipinski definition) is 2. The average molecular weight is 162 g/mol. The molecule has 0 amide bonds. The van der Waals surface area contributed by atoms with Gasteiger partial charge in [0.1, 0.15) is 0 Å². The topological polar surface area (TPSA) is 38.9 Å². The maximum absolute atomic E-state index is 5.96. The number of rotatable bonds is 1. The molecule has 0 unspecified atom stereocenters. The molecule has 2 rings (SSSR count). The fourth-order valence-corrected chi connectivity index (χ4v) is 1.89. The van der Waals surface area contributed by atoms with Crippen LogP contribution in [0.5, 0.6) is 0 Å². The molecule has 2 heteroatoms. The van der Waals surface area contributed by atoms with E-state index in [2.05, 4.69) is 31.0 Å². The van der Waals surface area contributed by atoms with Gasteiger partial charge in [0.2, 0.25) is 0 Å². The van der Waals surface area contributed by atoms with Crippen molar-refractivity contribution in [2.24, 2.45) is 11.1 Å². The van der Waals surface area contributed by atoms with E-state index >= 15 is 0 Å². The molecule has 12 heavy (non-hydrogen) atoms.